The summed E-state index contributed by atoms with van der Waals surface area (Å²) < 4.78 is 12.9. The molecule has 0 aliphatic carbocycles. The second kappa shape index (κ2) is 8.62. The van der Waals surface area contributed by atoms with Gasteiger partial charge < -0.3 is 9.47 Å². The van der Waals surface area contributed by atoms with Crippen LogP contribution in [0.3, 0.4) is 0 Å². The molecule has 0 N–H and O–H groups in total. The lowest BCUT2D eigenvalue weighted by atomic mass is 9.95. The third-order valence-electron chi connectivity index (χ3n) is 6.31. The lowest BCUT2D eigenvalue weighted by molar-refractivity contribution is 0.0341. The number of hydrogen-bond donors (Lipinski definition) is 0. The summed E-state index contributed by atoms with van der Waals surface area (Å²) in [5.74, 6) is 1.32. The maximum Gasteiger partial charge on any atom is 0.122 e. The zero-order chi connectivity index (χ0) is 21.3. The summed E-state index contributed by atoms with van der Waals surface area (Å²) in [7, 11) is 0. The molecule has 1 fully saturated rings. The quantitative estimate of drug-likeness (QED) is 0.449. The summed E-state index contributed by atoms with van der Waals surface area (Å²) in [5.41, 5.74) is 6.09. The maximum absolute atomic E-state index is 6.15. The van der Waals surface area contributed by atoms with Crippen LogP contribution in [0.2, 0.25) is 0 Å². The molecular formula is C26H25N3O2S. The van der Waals surface area contributed by atoms with Crippen LogP contribution in [0.25, 0.3) is 21.3 Å². The van der Waals surface area contributed by atoms with Gasteiger partial charge in [-0.1, -0.05) is 18.2 Å². The number of rotatable bonds is 4. The van der Waals surface area contributed by atoms with E-state index in [2.05, 4.69) is 46.3 Å². The third kappa shape index (κ3) is 4.01. The Morgan fingerprint density at radius 3 is 2.72 bits per heavy atom. The zero-order valence-electron chi connectivity index (χ0n) is 17.9. The fourth-order valence-electron chi connectivity index (χ4n) is 4.56. The van der Waals surface area contributed by atoms with E-state index in [1.54, 1.807) is 11.3 Å². The molecule has 0 bridgehead atoms. The molecule has 2 aliphatic heterocycles. The van der Waals surface area contributed by atoms with Gasteiger partial charge in [0.05, 0.1) is 30.0 Å². The molecule has 6 heteroatoms. The van der Waals surface area contributed by atoms with Crippen LogP contribution >= 0.6 is 11.3 Å². The van der Waals surface area contributed by atoms with E-state index < -0.39 is 0 Å². The van der Waals surface area contributed by atoms with Crippen LogP contribution in [-0.4, -0.2) is 47.8 Å². The van der Waals surface area contributed by atoms with E-state index in [-0.39, 0.29) is 0 Å². The molecule has 1 saturated heterocycles. The van der Waals surface area contributed by atoms with Gasteiger partial charge in [-0.25, -0.2) is 4.98 Å². The number of benzene rings is 2. The van der Waals surface area contributed by atoms with Crippen molar-refractivity contribution in [3.05, 3.63) is 77.1 Å². The Morgan fingerprint density at radius 1 is 0.969 bits per heavy atom. The van der Waals surface area contributed by atoms with E-state index >= 15 is 0 Å². The van der Waals surface area contributed by atoms with Gasteiger partial charge in [0.25, 0.3) is 0 Å². The van der Waals surface area contributed by atoms with Gasteiger partial charge in [-0.3, -0.25) is 9.88 Å². The monoisotopic (exact) mass is 443 g/mol. The number of hydrogen-bond acceptors (Lipinski definition) is 6. The van der Waals surface area contributed by atoms with Gasteiger partial charge in [0, 0.05) is 37.9 Å². The third-order valence-corrected chi connectivity index (χ3v) is 7.49. The summed E-state index contributed by atoms with van der Waals surface area (Å²) in [4.78, 5) is 11.5. The Labute approximate surface area is 191 Å². The molecule has 162 valence electrons. The highest BCUT2D eigenvalue weighted by atomic mass is 32.1. The van der Waals surface area contributed by atoms with Gasteiger partial charge >= 0.3 is 0 Å². The molecular weight excluding hydrogens is 418 g/mol. The number of ether oxygens (including phenoxy) is 2. The number of morpholine rings is 1. The minimum absolute atomic E-state index is 0.294. The predicted octanol–water partition coefficient (Wildman–Crippen LogP) is 4.91. The van der Waals surface area contributed by atoms with Crippen molar-refractivity contribution in [3.8, 4) is 16.9 Å². The maximum atomic E-state index is 6.15. The van der Waals surface area contributed by atoms with Crippen molar-refractivity contribution in [3.63, 3.8) is 0 Å². The van der Waals surface area contributed by atoms with Crippen LogP contribution in [0.1, 0.15) is 22.1 Å². The normalized spacial score (nSPS) is 18.9. The zero-order valence-corrected chi connectivity index (χ0v) is 18.7. The smallest absolute Gasteiger partial charge is 0.122 e. The van der Waals surface area contributed by atoms with Gasteiger partial charge in [-0.05, 0) is 59.0 Å². The van der Waals surface area contributed by atoms with E-state index in [1.807, 2.05) is 24.5 Å². The number of thiazole rings is 1. The number of aromatic nitrogens is 2. The fourth-order valence-corrected chi connectivity index (χ4v) is 5.65. The predicted molar refractivity (Wildman–Crippen MR) is 127 cm³/mol. The molecule has 6 rings (SSSR count). The van der Waals surface area contributed by atoms with Gasteiger partial charge in [-0.2, -0.15) is 0 Å². The Kier molecular flexibility index (Phi) is 5.35. The van der Waals surface area contributed by atoms with Gasteiger partial charge in [-0.15, -0.1) is 11.3 Å². The second-order valence-corrected chi connectivity index (χ2v) is 9.58. The molecule has 32 heavy (non-hydrogen) atoms. The highest BCUT2D eigenvalue weighted by Gasteiger charge is 2.25. The second-order valence-electron chi connectivity index (χ2n) is 8.51. The molecule has 4 heterocycles. The Bertz CT molecular complexity index is 1230. The van der Waals surface area contributed by atoms with Crippen LogP contribution in [0.4, 0.5) is 0 Å². The van der Waals surface area contributed by atoms with Crippen molar-refractivity contribution in [2.24, 2.45) is 0 Å². The van der Waals surface area contributed by atoms with Crippen molar-refractivity contribution in [2.45, 2.75) is 18.9 Å². The summed E-state index contributed by atoms with van der Waals surface area (Å²) in [6.07, 6.45) is 4.65. The highest BCUT2D eigenvalue weighted by molar-refractivity contribution is 7.18. The average molecular weight is 444 g/mol. The largest absolute Gasteiger partial charge is 0.493 e. The number of nitrogens with zero attached hydrogens (tertiary/aromatic N) is 3. The molecule has 1 unspecified atom stereocenters. The van der Waals surface area contributed by atoms with Crippen LogP contribution in [0.5, 0.6) is 5.75 Å². The SMILES string of the molecule is c1cc(-c2ccc3nc(C4COc5ccc(CN6CCOCC6)cc5C4)sc3c2)ccn1. The molecule has 1 atom stereocenters. The fraction of sp³-hybridized carbons (Fsp3) is 0.308. The van der Waals surface area contributed by atoms with Crippen LogP contribution in [0, 0.1) is 0 Å². The van der Waals surface area contributed by atoms with Gasteiger partial charge in [0.15, 0.2) is 0 Å². The lowest BCUT2D eigenvalue weighted by Gasteiger charge is -2.28. The molecule has 4 aromatic rings. The Morgan fingerprint density at radius 2 is 1.84 bits per heavy atom. The Hall–Kier alpha value is -2.80. The first-order chi connectivity index (χ1) is 15.8. The molecule has 0 amide bonds. The molecule has 0 spiro atoms. The van der Waals surface area contributed by atoms with Crippen LogP contribution in [0.15, 0.2) is 60.9 Å². The van der Waals surface area contributed by atoms with Crippen LogP contribution in [-0.2, 0) is 17.7 Å². The lowest BCUT2D eigenvalue weighted by Crippen LogP contribution is -2.35. The number of fused-ring (bicyclic) bond motifs is 2. The van der Waals surface area contributed by atoms with Crippen molar-refractivity contribution in [2.75, 3.05) is 32.9 Å². The summed E-state index contributed by atoms with van der Waals surface area (Å²) in [6, 6.07) is 17.3. The van der Waals surface area contributed by atoms with Crippen molar-refractivity contribution in [1.82, 2.24) is 14.9 Å². The first-order valence-corrected chi connectivity index (χ1v) is 12.0. The van der Waals surface area contributed by atoms with Crippen molar-refractivity contribution in [1.29, 1.82) is 0 Å². The highest BCUT2D eigenvalue weighted by Crippen LogP contribution is 2.37. The van der Waals surface area contributed by atoms with E-state index in [0.29, 0.717) is 12.5 Å². The molecule has 5 nitrogen and oxygen atoms in total. The summed E-state index contributed by atoms with van der Waals surface area (Å²) >= 11 is 1.79. The standard InChI is InChI=1S/C26H25N3O2S/c1-4-24-21(13-18(1)16-29-9-11-30-12-10-29)14-22(17-31-24)26-28-23-3-2-20(15-25(23)32-26)19-5-7-27-8-6-19/h1-8,13,15,22H,9-12,14,16-17H2. The van der Waals surface area contributed by atoms with Gasteiger partial charge in [0.1, 0.15) is 10.8 Å². The van der Waals surface area contributed by atoms with E-state index in [0.717, 1.165) is 55.5 Å². The molecule has 0 saturated carbocycles. The van der Waals surface area contributed by atoms with E-state index in [1.165, 1.54) is 27.0 Å². The molecule has 2 aliphatic rings. The van der Waals surface area contributed by atoms with Crippen molar-refractivity contribution >= 4 is 21.6 Å². The number of pyridine rings is 1. The Balaban J connectivity index is 1.23. The first kappa shape index (κ1) is 19.9. The minimum atomic E-state index is 0.294. The summed E-state index contributed by atoms with van der Waals surface area (Å²) in [6.45, 7) is 5.33. The van der Waals surface area contributed by atoms with E-state index in [4.69, 9.17) is 14.5 Å². The minimum Gasteiger partial charge on any atom is -0.493 e. The summed E-state index contributed by atoms with van der Waals surface area (Å²) in [5, 5.41) is 1.16. The van der Waals surface area contributed by atoms with Crippen LogP contribution < -0.4 is 4.74 Å². The molecule has 0 radical (unpaired) electrons. The van der Waals surface area contributed by atoms with Gasteiger partial charge in [0.2, 0.25) is 0 Å². The van der Waals surface area contributed by atoms with Crippen molar-refractivity contribution < 1.29 is 9.47 Å². The average Bonchev–Trinajstić information content (AvgIpc) is 3.28. The molecule has 2 aromatic carbocycles. The molecule has 2 aromatic heterocycles. The topological polar surface area (TPSA) is 47.5 Å². The first-order valence-electron chi connectivity index (χ1n) is 11.2. The van der Waals surface area contributed by atoms with E-state index in [9.17, 15) is 0 Å².